The maximum Gasteiger partial charge on any atom is 0.253 e. The maximum atomic E-state index is 12.0. The summed E-state index contributed by atoms with van der Waals surface area (Å²) in [6.45, 7) is 2.84. The van der Waals surface area contributed by atoms with Crippen molar-refractivity contribution in [2.75, 3.05) is 32.1 Å². The molecule has 0 aliphatic heterocycles. The molecule has 20 heavy (non-hydrogen) atoms. The molecule has 4 N–H and O–H groups in total. The van der Waals surface area contributed by atoms with Crippen LogP contribution in [0.4, 0.5) is 5.69 Å². The van der Waals surface area contributed by atoms with Crippen LogP contribution in [0.3, 0.4) is 0 Å². The van der Waals surface area contributed by atoms with Crippen molar-refractivity contribution in [1.29, 1.82) is 0 Å². The molecule has 1 rings (SSSR count). The first kappa shape index (κ1) is 16.1. The largest absolute Gasteiger partial charge is 0.383 e. The Morgan fingerprint density at radius 1 is 1.35 bits per heavy atom. The van der Waals surface area contributed by atoms with Crippen LogP contribution in [0.1, 0.15) is 17.3 Å². The lowest BCUT2D eigenvalue weighted by molar-refractivity contribution is -0.119. The number of hydrogen-bond donors (Lipinski definition) is 3. The Kier molecular flexibility index (Phi) is 6.69. The lowest BCUT2D eigenvalue weighted by Gasteiger charge is -2.13. The second-order valence-electron chi connectivity index (χ2n) is 4.42. The molecule has 6 heteroatoms. The highest BCUT2D eigenvalue weighted by molar-refractivity contribution is 6.04. The van der Waals surface area contributed by atoms with Crippen LogP contribution in [-0.2, 0) is 9.53 Å². The molecule has 0 bridgehead atoms. The highest BCUT2D eigenvalue weighted by Crippen LogP contribution is 2.15. The molecule has 1 atom stereocenters. The number of amides is 2. The summed E-state index contributed by atoms with van der Waals surface area (Å²) in [5, 5.41) is 5.44. The first-order valence-corrected chi connectivity index (χ1v) is 6.47. The van der Waals surface area contributed by atoms with E-state index in [1.807, 2.05) is 0 Å². The number of carbonyl (C=O) groups excluding carboxylic acids is 2. The van der Waals surface area contributed by atoms with Gasteiger partial charge in [-0.2, -0.15) is 0 Å². The van der Waals surface area contributed by atoms with Crippen molar-refractivity contribution < 1.29 is 14.3 Å². The third-order valence-corrected chi connectivity index (χ3v) is 2.82. The Bertz CT molecular complexity index is 463. The van der Waals surface area contributed by atoms with Gasteiger partial charge in [-0.1, -0.05) is 19.1 Å². The lowest BCUT2D eigenvalue weighted by atomic mass is 10.1. The van der Waals surface area contributed by atoms with E-state index in [-0.39, 0.29) is 24.3 Å². The predicted molar refractivity (Wildman–Crippen MR) is 77.5 cm³/mol. The van der Waals surface area contributed by atoms with Crippen LogP contribution in [0.25, 0.3) is 0 Å². The van der Waals surface area contributed by atoms with Gasteiger partial charge in [0.2, 0.25) is 5.91 Å². The zero-order valence-corrected chi connectivity index (χ0v) is 11.8. The molecule has 1 aromatic carbocycles. The Balaban J connectivity index is 2.77. The van der Waals surface area contributed by atoms with Gasteiger partial charge >= 0.3 is 0 Å². The Hall–Kier alpha value is -1.92. The van der Waals surface area contributed by atoms with Crippen LogP contribution in [0.5, 0.6) is 0 Å². The molecule has 0 spiro atoms. The summed E-state index contributed by atoms with van der Waals surface area (Å²) in [7, 11) is 1.56. The summed E-state index contributed by atoms with van der Waals surface area (Å²) < 4.78 is 4.87. The van der Waals surface area contributed by atoms with Crippen molar-refractivity contribution in [3.8, 4) is 0 Å². The van der Waals surface area contributed by atoms with Crippen LogP contribution in [0.15, 0.2) is 24.3 Å². The molecule has 0 heterocycles. The van der Waals surface area contributed by atoms with Gasteiger partial charge in [-0.25, -0.2) is 0 Å². The van der Waals surface area contributed by atoms with Crippen LogP contribution in [-0.4, -0.2) is 38.6 Å². The minimum atomic E-state index is -0.306. The maximum absolute atomic E-state index is 12.0. The molecule has 0 fully saturated rings. The summed E-state index contributed by atoms with van der Waals surface area (Å²) in [6, 6.07) is 6.85. The van der Waals surface area contributed by atoms with Crippen molar-refractivity contribution in [3.63, 3.8) is 0 Å². The molecule has 1 aromatic rings. The quantitative estimate of drug-likeness (QED) is 0.637. The molecule has 6 nitrogen and oxygen atoms in total. The van der Waals surface area contributed by atoms with E-state index in [4.69, 9.17) is 10.5 Å². The molecule has 1 unspecified atom stereocenters. The van der Waals surface area contributed by atoms with Gasteiger partial charge in [0, 0.05) is 26.1 Å². The van der Waals surface area contributed by atoms with E-state index in [1.165, 1.54) is 0 Å². The molecule has 2 amide bonds. The van der Waals surface area contributed by atoms with E-state index in [9.17, 15) is 9.59 Å². The summed E-state index contributed by atoms with van der Waals surface area (Å²) in [5.74, 6) is -0.761. The molecular formula is C14H21N3O3. The number of rotatable bonds is 7. The van der Waals surface area contributed by atoms with Gasteiger partial charge in [-0.05, 0) is 12.1 Å². The third kappa shape index (κ3) is 4.64. The molecule has 0 aliphatic carbocycles. The van der Waals surface area contributed by atoms with Crippen molar-refractivity contribution in [2.24, 2.45) is 11.7 Å². The van der Waals surface area contributed by atoms with Gasteiger partial charge in [0.1, 0.15) is 0 Å². The predicted octanol–water partition coefficient (Wildman–Crippen LogP) is 0.596. The van der Waals surface area contributed by atoms with Crippen LogP contribution < -0.4 is 16.4 Å². The van der Waals surface area contributed by atoms with Gasteiger partial charge in [0.05, 0.1) is 17.9 Å². The number of nitrogens with one attached hydrogen (secondary N) is 2. The first-order chi connectivity index (χ1) is 9.60. The fraction of sp³-hybridized carbons (Fsp3) is 0.429. The molecule has 0 radical (unpaired) electrons. The van der Waals surface area contributed by atoms with Crippen molar-refractivity contribution in [2.45, 2.75) is 6.92 Å². The third-order valence-electron chi connectivity index (χ3n) is 2.82. The number of anilines is 1. The summed E-state index contributed by atoms with van der Waals surface area (Å²) in [4.78, 5) is 23.9. The van der Waals surface area contributed by atoms with E-state index in [0.29, 0.717) is 24.4 Å². The Morgan fingerprint density at radius 2 is 2.05 bits per heavy atom. The van der Waals surface area contributed by atoms with Crippen molar-refractivity contribution >= 4 is 17.5 Å². The second-order valence-corrected chi connectivity index (χ2v) is 4.42. The molecular weight excluding hydrogens is 258 g/mol. The molecule has 110 valence electrons. The van der Waals surface area contributed by atoms with Crippen LogP contribution in [0, 0.1) is 5.92 Å². The first-order valence-electron chi connectivity index (χ1n) is 6.47. The average molecular weight is 279 g/mol. The summed E-state index contributed by atoms with van der Waals surface area (Å²) in [5.41, 5.74) is 6.35. The minimum Gasteiger partial charge on any atom is -0.383 e. The molecule has 0 aromatic heterocycles. The van der Waals surface area contributed by atoms with Gasteiger partial charge in [0.15, 0.2) is 0 Å². The Labute approximate surface area is 118 Å². The number of para-hydroxylation sites is 1. The van der Waals surface area contributed by atoms with Crippen LogP contribution in [0.2, 0.25) is 0 Å². The number of carbonyl (C=O) groups is 2. The smallest absolute Gasteiger partial charge is 0.253 e. The highest BCUT2D eigenvalue weighted by Gasteiger charge is 2.15. The van der Waals surface area contributed by atoms with Crippen LogP contribution >= 0.6 is 0 Å². The van der Waals surface area contributed by atoms with Gasteiger partial charge in [0.25, 0.3) is 5.91 Å². The fourth-order valence-electron chi connectivity index (χ4n) is 1.51. The normalized spacial score (nSPS) is 11.8. The molecule has 0 saturated heterocycles. The monoisotopic (exact) mass is 279 g/mol. The van der Waals surface area contributed by atoms with E-state index in [0.717, 1.165) is 0 Å². The Morgan fingerprint density at radius 3 is 2.70 bits per heavy atom. The van der Waals surface area contributed by atoms with Gasteiger partial charge < -0.3 is 21.1 Å². The van der Waals surface area contributed by atoms with E-state index >= 15 is 0 Å². The zero-order valence-electron chi connectivity index (χ0n) is 11.8. The van der Waals surface area contributed by atoms with Crippen molar-refractivity contribution in [1.82, 2.24) is 5.32 Å². The topological polar surface area (TPSA) is 93.5 Å². The second kappa shape index (κ2) is 8.29. The SMILES string of the molecule is COCCNC(=O)c1ccccc1NC(=O)C(C)CN. The number of hydrogen-bond acceptors (Lipinski definition) is 4. The van der Waals surface area contributed by atoms with E-state index < -0.39 is 0 Å². The standard InChI is InChI=1S/C14H21N3O3/c1-10(9-15)13(18)17-12-6-4-3-5-11(12)14(19)16-7-8-20-2/h3-6,10H,7-9,15H2,1-2H3,(H,16,19)(H,17,18). The van der Waals surface area contributed by atoms with E-state index in [2.05, 4.69) is 10.6 Å². The number of ether oxygens (including phenoxy) is 1. The zero-order chi connectivity index (χ0) is 15.0. The number of nitrogens with two attached hydrogens (primary N) is 1. The number of methoxy groups -OCH3 is 1. The highest BCUT2D eigenvalue weighted by atomic mass is 16.5. The summed E-state index contributed by atoms with van der Waals surface area (Å²) >= 11 is 0. The number of benzene rings is 1. The summed E-state index contributed by atoms with van der Waals surface area (Å²) in [6.07, 6.45) is 0. The molecule has 0 aliphatic rings. The average Bonchev–Trinajstić information content (AvgIpc) is 2.47. The fourth-order valence-corrected chi connectivity index (χ4v) is 1.51. The van der Waals surface area contributed by atoms with E-state index in [1.54, 1.807) is 38.3 Å². The minimum absolute atomic E-state index is 0.204. The van der Waals surface area contributed by atoms with Crippen molar-refractivity contribution in [3.05, 3.63) is 29.8 Å². The lowest BCUT2D eigenvalue weighted by Crippen LogP contribution is -2.30. The van der Waals surface area contributed by atoms with Gasteiger partial charge in [-0.15, -0.1) is 0 Å². The van der Waals surface area contributed by atoms with Gasteiger partial charge in [-0.3, -0.25) is 9.59 Å². The molecule has 0 saturated carbocycles.